The van der Waals surface area contributed by atoms with Gasteiger partial charge in [0.1, 0.15) is 0 Å². The summed E-state index contributed by atoms with van der Waals surface area (Å²) in [4.78, 5) is 23.8. The van der Waals surface area contributed by atoms with Gasteiger partial charge in [-0.15, -0.1) is 0 Å². The summed E-state index contributed by atoms with van der Waals surface area (Å²) in [6.45, 7) is 5.55. The van der Waals surface area contributed by atoms with Crippen molar-refractivity contribution < 1.29 is 18.5 Å². The van der Waals surface area contributed by atoms with Crippen molar-refractivity contribution in [3.8, 4) is 11.3 Å². The molecule has 0 saturated carbocycles. The van der Waals surface area contributed by atoms with Crippen LogP contribution >= 0.6 is 0 Å². The SMILES string of the molecule is COCCC1(c2noc(C)n2)CCN(C(=O)c2ncoc2-c2cccc(C)c2)CC1. The van der Waals surface area contributed by atoms with Crippen molar-refractivity contribution in [3.63, 3.8) is 0 Å². The highest BCUT2D eigenvalue weighted by molar-refractivity contribution is 5.97. The molecule has 8 heteroatoms. The number of likely N-dealkylation sites (tertiary alicyclic amines) is 1. The van der Waals surface area contributed by atoms with Crippen LogP contribution in [0.5, 0.6) is 0 Å². The molecule has 0 N–H and O–H groups in total. The van der Waals surface area contributed by atoms with E-state index in [0.29, 0.717) is 42.9 Å². The third-order valence-corrected chi connectivity index (χ3v) is 5.84. The fourth-order valence-electron chi connectivity index (χ4n) is 4.07. The van der Waals surface area contributed by atoms with Gasteiger partial charge in [0.05, 0.1) is 0 Å². The highest BCUT2D eigenvalue weighted by Crippen LogP contribution is 2.38. The van der Waals surface area contributed by atoms with Crippen molar-refractivity contribution >= 4 is 5.91 Å². The van der Waals surface area contributed by atoms with Crippen molar-refractivity contribution in [3.05, 3.63) is 53.6 Å². The van der Waals surface area contributed by atoms with E-state index < -0.39 is 0 Å². The molecule has 0 bridgehead atoms. The average Bonchev–Trinajstić information content (AvgIpc) is 3.42. The smallest absolute Gasteiger partial charge is 0.276 e. The number of methoxy groups -OCH3 is 1. The second-order valence-corrected chi connectivity index (χ2v) is 7.85. The van der Waals surface area contributed by atoms with E-state index in [-0.39, 0.29) is 11.3 Å². The largest absolute Gasteiger partial charge is 0.443 e. The molecule has 30 heavy (non-hydrogen) atoms. The van der Waals surface area contributed by atoms with E-state index in [2.05, 4.69) is 15.1 Å². The Hall–Kier alpha value is -3.00. The molecule has 1 fully saturated rings. The van der Waals surface area contributed by atoms with E-state index in [4.69, 9.17) is 13.7 Å². The lowest BCUT2D eigenvalue weighted by molar-refractivity contribution is 0.0611. The molecule has 1 aliphatic rings. The molecule has 1 aromatic carbocycles. The molecule has 0 aliphatic carbocycles. The predicted molar refractivity (Wildman–Crippen MR) is 109 cm³/mol. The molecule has 0 radical (unpaired) electrons. The number of amides is 1. The van der Waals surface area contributed by atoms with Crippen LogP contribution in [0, 0.1) is 13.8 Å². The number of oxazole rings is 1. The normalized spacial score (nSPS) is 16.0. The van der Waals surface area contributed by atoms with Gasteiger partial charge in [-0.25, -0.2) is 4.98 Å². The number of carbonyl (C=O) groups is 1. The van der Waals surface area contributed by atoms with Crippen LogP contribution in [0.1, 0.15) is 47.0 Å². The summed E-state index contributed by atoms with van der Waals surface area (Å²) in [7, 11) is 1.69. The zero-order valence-electron chi connectivity index (χ0n) is 17.6. The van der Waals surface area contributed by atoms with E-state index in [1.165, 1.54) is 6.39 Å². The predicted octanol–water partition coefficient (Wildman–Crippen LogP) is 3.55. The Morgan fingerprint density at radius 1 is 1.27 bits per heavy atom. The Labute approximate surface area is 175 Å². The van der Waals surface area contributed by atoms with E-state index in [0.717, 1.165) is 30.4 Å². The fourth-order valence-corrected chi connectivity index (χ4v) is 4.07. The lowest BCUT2D eigenvalue weighted by atomic mass is 9.75. The summed E-state index contributed by atoms with van der Waals surface area (Å²) in [6.07, 6.45) is 3.58. The van der Waals surface area contributed by atoms with Gasteiger partial charge in [0.25, 0.3) is 5.91 Å². The molecule has 0 atom stereocenters. The van der Waals surface area contributed by atoms with Crippen LogP contribution in [0.15, 0.2) is 39.6 Å². The zero-order chi connectivity index (χ0) is 21.1. The number of nitrogens with zero attached hydrogens (tertiary/aromatic N) is 4. The summed E-state index contributed by atoms with van der Waals surface area (Å²) in [5.41, 5.74) is 2.04. The Bertz CT molecular complexity index is 1020. The average molecular weight is 410 g/mol. The number of benzene rings is 1. The zero-order valence-corrected chi connectivity index (χ0v) is 17.6. The number of ether oxygens (including phenoxy) is 1. The third-order valence-electron chi connectivity index (χ3n) is 5.84. The first-order valence-corrected chi connectivity index (χ1v) is 10.1. The van der Waals surface area contributed by atoms with Crippen LogP contribution in [0.25, 0.3) is 11.3 Å². The molecule has 4 rings (SSSR count). The number of carbonyl (C=O) groups excluding carboxylic acids is 1. The van der Waals surface area contributed by atoms with Gasteiger partial charge in [0.15, 0.2) is 23.7 Å². The fraction of sp³-hybridized carbons (Fsp3) is 0.455. The van der Waals surface area contributed by atoms with E-state index in [1.54, 1.807) is 14.0 Å². The number of hydrogen-bond donors (Lipinski definition) is 0. The maximum Gasteiger partial charge on any atom is 0.276 e. The Morgan fingerprint density at radius 3 is 2.73 bits per heavy atom. The first kappa shape index (κ1) is 20.3. The highest BCUT2D eigenvalue weighted by Gasteiger charge is 2.41. The van der Waals surface area contributed by atoms with Gasteiger partial charge in [0.2, 0.25) is 5.89 Å². The van der Waals surface area contributed by atoms with Gasteiger partial charge in [-0.2, -0.15) is 4.98 Å². The summed E-state index contributed by atoms with van der Waals surface area (Å²) in [6, 6.07) is 7.86. The number of hydrogen-bond acceptors (Lipinski definition) is 7. The van der Waals surface area contributed by atoms with E-state index in [9.17, 15) is 4.79 Å². The summed E-state index contributed by atoms with van der Waals surface area (Å²) >= 11 is 0. The van der Waals surface area contributed by atoms with Gasteiger partial charge >= 0.3 is 0 Å². The molecule has 158 valence electrons. The molecule has 1 aliphatic heterocycles. The van der Waals surface area contributed by atoms with Gasteiger partial charge in [-0.3, -0.25) is 4.79 Å². The summed E-state index contributed by atoms with van der Waals surface area (Å²) < 4.78 is 16.1. The summed E-state index contributed by atoms with van der Waals surface area (Å²) in [5.74, 6) is 1.63. The van der Waals surface area contributed by atoms with Crippen LogP contribution in [-0.2, 0) is 10.2 Å². The molecule has 0 unspecified atom stereocenters. The van der Waals surface area contributed by atoms with Crippen molar-refractivity contribution in [2.45, 2.75) is 38.5 Å². The first-order chi connectivity index (χ1) is 14.5. The van der Waals surface area contributed by atoms with Crippen LogP contribution in [0.3, 0.4) is 0 Å². The molecular formula is C22H26N4O4. The van der Waals surface area contributed by atoms with Crippen molar-refractivity contribution in [1.82, 2.24) is 20.0 Å². The van der Waals surface area contributed by atoms with Gasteiger partial charge in [0, 0.05) is 44.7 Å². The number of piperidine rings is 1. The van der Waals surface area contributed by atoms with Crippen LogP contribution in [-0.4, -0.2) is 52.7 Å². The molecule has 3 aromatic rings. The topological polar surface area (TPSA) is 94.5 Å². The second kappa shape index (κ2) is 8.39. The molecule has 8 nitrogen and oxygen atoms in total. The minimum Gasteiger partial charge on any atom is -0.443 e. The maximum absolute atomic E-state index is 13.2. The van der Waals surface area contributed by atoms with Crippen LogP contribution < -0.4 is 0 Å². The Kier molecular flexibility index (Phi) is 5.67. The molecule has 0 spiro atoms. The van der Waals surface area contributed by atoms with Gasteiger partial charge in [-0.05, 0) is 32.3 Å². The van der Waals surface area contributed by atoms with E-state index in [1.807, 2.05) is 36.1 Å². The van der Waals surface area contributed by atoms with Crippen molar-refractivity contribution in [2.75, 3.05) is 26.8 Å². The van der Waals surface area contributed by atoms with Gasteiger partial charge in [-0.1, -0.05) is 28.9 Å². The quantitative estimate of drug-likeness (QED) is 0.613. The minimum absolute atomic E-state index is 0.120. The molecular weight excluding hydrogens is 384 g/mol. The second-order valence-electron chi connectivity index (χ2n) is 7.85. The molecule has 1 saturated heterocycles. The lowest BCUT2D eigenvalue weighted by Gasteiger charge is -2.39. The summed E-state index contributed by atoms with van der Waals surface area (Å²) in [5, 5.41) is 4.17. The Balaban J connectivity index is 1.53. The number of aromatic nitrogens is 3. The molecule has 2 aromatic heterocycles. The van der Waals surface area contributed by atoms with Gasteiger partial charge < -0.3 is 18.6 Å². The maximum atomic E-state index is 13.2. The van der Waals surface area contributed by atoms with Crippen LogP contribution in [0.4, 0.5) is 0 Å². The van der Waals surface area contributed by atoms with Crippen molar-refractivity contribution in [2.24, 2.45) is 0 Å². The van der Waals surface area contributed by atoms with Crippen molar-refractivity contribution in [1.29, 1.82) is 0 Å². The third kappa shape index (κ3) is 3.87. The first-order valence-electron chi connectivity index (χ1n) is 10.1. The molecule has 1 amide bonds. The minimum atomic E-state index is -0.256. The standard InChI is InChI=1S/C22H26N4O4/c1-15-5-4-6-17(13-15)19-18(23-14-29-19)20(27)26-10-7-22(8-11-26,9-12-28-3)21-24-16(2)30-25-21/h4-6,13-14H,7-12H2,1-3H3. The Morgan fingerprint density at radius 2 is 2.07 bits per heavy atom. The number of aryl methyl sites for hydroxylation is 2. The lowest BCUT2D eigenvalue weighted by Crippen LogP contribution is -2.46. The number of rotatable bonds is 6. The molecule has 3 heterocycles. The monoisotopic (exact) mass is 410 g/mol. The van der Waals surface area contributed by atoms with E-state index >= 15 is 0 Å². The van der Waals surface area contributed by atoms with Crippen LogP contribution in [0.2, 0.25) is 0 Å². The highest BCUT2D eigenvalue weighted by atomic mass is 16.5.